The molecule has 0 saturated carbocycles. The molecule has 122 valence electrons. The Kier molecular flexibility index (Phi) is 3.86. The molecule has 0 saturated heterocycles. The number of nitro benzene ring substituents is 1. The number of anilines is 1. The van der Waals surface area contributed by atoms with Crippen LogP contribution in [0.3, 0.4) is 0 Å². The summed E-state index contributed by atoms with van der Waals surface area (Å²) in [4.78, 5) is 39.9. The Labute approximate surface area is 139 Å². The fourth-order valence-corrected chi connectivity index (χ4v) is 3.26. The van der Waals surface area contributed by atoms with Crippen LogP contribution in [0, 0.1) is 10.1 Å². The normalized spacial score (nSPS) is 17.5. The number of thiazole rings is 1. The van der Waals surface area contributed by atoms with Crippen LogP contribution in [0.4, 0.5) is 10.8 Å². The number of hydrogen-bond donors (Lipinski definition) is 1. The first kappa shape index (κ1) is 15.8. The van der Waals surface area contributed by atoms with Gasteiger partial charge < -0.3 is 5.11 Å². The number of aliphatic hydroxyl groups is 1. The van der Waals surface area contributed by atoms with E-state index in [1.807, 2.05) is 0 Å². The van der Waals surface area contributed by atoms with Crippen molar-refractivity contribution in [2.24, 2.45) is 0 Å². The van der Waals surface area contributed by atoms with Crippen molar-refractivity contribution in [3.63, 3.8) is 0 Å². The van der Waals surface area contributed by atoms with Gasteiger partial charge in [-0.3, -0.25) is 24.6 Å². The zero-order valence-corrected chi connectivity index (χ0v) is 13.2. The minimum Gasteiger partial charge on any atom is -0.503 e. The van der Waals surface area contributed by atoms with Crippen molar-refractivity contribution in [2.75, 3.05) is 4.90 Å². The van der Waals surface area contributed by atoms with E-state index in [4.69, 9.17) is 0 Å². The molecule has 1 aliphatic heterocycles. The van der Waals surface area contributed by atoms with E-state index in [1.54, 1.807) is 5.38 Å². The summed E-state index contributed by atoms with van der Waals surface area (Å²) < 4.78 is 0. The number of non-ortho nitro benzene ring substituents is 1. The van der Waals surface area contributed by atoms with Crippen LogP contribution >= 0.6 is 11.3 Å². The van der Waals surface area contributed by atoms with Gasteiger partial charge in [-0.25, -0.2) is 4.98 Å². The Morgan fingerprint density at radius 3 is 2.54 bits per heavy atom. The van der Waals surface area contributed by atoms with Crippen LogP contribution in [0.25, 0.3) is 0 Å². The van der Waals surface area contributed by atoms with E-state index in [-0.39, 0.29) is 11.3 Å². The van der Waals surface area contributed by atoms with Crippen LogP contribution in [0.1, 0.15) is 18.5 Å². The van der Waals surface area contributed by atoms with Crippen molar-refractivity contribution in [2.45, 2.75) is 13.0 Å². The first-order valence-electron chi connectivity index (χ1n) is 6.83. The van der Waals surface area contributed by atoms with Gasteiger partial charge in [-0.05, 0) is 24.6 Å². The number of rotatable bonds is 4. The molecule has 1 amide bonds. The number of benzene rings is 1. The number of nitrogens with zero attached hydrogens (tertiary/aromatic N) is 3. The van der Waals surface area contributed by atoms with E-state index in [0.717, 1.165) is 0 Å². The average Bonchev–Trinajstić information content (AvgIpc) is 3.15. The van der Waals surface area contributed by atoms with Gasteiger partial charge in [-0.1, -0.05) is 0 Å². The smallest absolute Gasteiger partial charge is 0.296 e. The third-order valence-electron chi connectivity index (χ3n) is 3.63. The molecule has 1 atom stereocenters. The van der Waals surface area contributed by atoms with E-state index in [1.165, 1.54) is 53.6 Å². The Morgan fingerprint density at radius 1 is 1.38 bits per heavy atom. The van der Waals surface area contributed by atoms with Crippen LogP contribution in [0.2, 0.25) is 0 Å². The highest BCUT2D eigenvalue weighted by Gasteiger charge is 2.44. The van der Waals surface area contributed by atoms with Gasteiger partial charge >= 0.3 is 0 Å². The van der Waals surface area contributed by atoms with Crippen molar-refractivity contribution in [3.8, 4) is 0 Å². The molecule has 2 heterocycles. The predicted molar refractivity (Wildman–Crippen MR) is 85.8 cm³/mol. The van der Waals surface area contributed by atoms with Crippen LogP contribution in [-0.2, 0) is 9.59 Å². The summed E-state index contributed by atoms with van der Waals surface area (Å²) in [5, 5.41) is 22.9. The Hall–Kier alpha value is -3.07. The molecule has 1 N–H and O–H groups in total. The number of carbonyl (C=O) groups is 2. The number of ketones is 1. The van der Waals surface area contributed by atoms with E-state index >= 15 is 0 Å². The van der Waals surface area contributed by atoms with Crippen LogP contribution < -0.4 is 4.90 Å². The third-order valence-corrected chi connectivity index (χ3v) is 4.40. The first-order chi connectivity index (χ1) is 11.4. The SMILES string of the molecule is CC(=O)C1=C(O)C(=O)N(c2nccs2)C1c1ccc([N+](=O)[O-])cc1. The lowest BCUT2D eigenvalue weighted by atomic mass is 9.97. The number of hydrogen-bond acceptors (Lipinski definition) is 7. The van der Waals surface area contributed by atoms with Crippen molar-refractivity contribution in [1.29, 1.82) is 0 Å². The molecular weight excluding hydrogens is 334 g/mol. The highest BCUT2D eigenvalue weighted by Crippen LogP contribution is 2.41. The summed E-state index contributed by atoms with van der Waals surface area (Å²) in [5.41, 5.74) is 0.309. The predicted octanol–water partition coefficient (Wildman–Crippen LogP) is 2.54. The van der Waals surface area contributed by atoms with Crippen molar-refractivity contribution >= 4 is 33.8 Å². The van der Waals surface area contributed by atoms with Gasteiger partial charge in [-0.15, -0.1) is 11.3 Å². The van der Waals surface area contributed by atoms with Crippen LogP contribution in [0.5, 0.6) is 0 Å². The number of nitro groups is 1. The number of aromatic nitrogens is 1. The Balaban J connectivity index is 2.13. The molecule has 0 spiro atoms. The molecular formula is C15H11N3O5S. The van der Waals surface area contributed by atoms with Crippen LogP contribution in [0.15, 0.2) is 47.2 Å². The fraction of sp³-hybridized carbons (Fsp3) is 0.133. The van der Waals surface area contributed by atoms with E-state index < -0.39 is 28.4 Å². The van der Waals surface area contributed by atoms with Crippen molar-refractivity contribution in [3.05, 3.63) is 62.9 Å². The molecule has 0 radical (unpaired) electrons. The monoisotopic (exact) mass is 345 g/mol. The lowest BCUT2D eigenvalue weighted by molar-refractivity contribution is -0.384. The maximum absolute atomic E-state index is 12.4. The van der Waals surface area contributed by atoms with Gasteiger partial charge in [0.25, 0.3) is 11.6 Å². The molecule has 0 aliphatic carbocycles. The largest absolute Gasteiger partial charge is 0.503 e. The minimum absolute atomic E-state index is 0.0518. The molecule has 8 nitrogen and oxygen atoms in total. The molecule has 1 aromatic heterocycles. The highest BCUT2D eigenvalue weighted by atomic mass is 32.1. The first-order valence-corrected chi connectivity index (χ1v) is 7.71. The van der Waals surface area contributed by atoms with Crippen LogP contribution in [-0.4, -0.2) is 26.7 Å². The van der Waals surface area contributed by atoms with Crippen molar-refractivity contribution in [1.82, 2.24) is 4.98 Å². The molecule has 1 aromatic carbocycles. The topological polar surface area (TPSA) is 114 Å². The van der Waals surface area contributed by atoms with E-state index in [9.17, 15) is 24.8 Å². The lowest BCUT2D eigenvalue weighted by Crippen LogP contribution is -2.30. The van der Waals surface area contributed by atoms with Gasteiger partial charge in [0.05, 0.1) is 16.5 Å². The summed E-state index contributed by atoms with van der Waals surface area (Å²) in [5.74, 6) is -1.80. The molecule has 0 bridgehead atoms. The molecule has 24 heavy (non-hydrogen) atoms. The van der Waals surface area contributed by atoms with Gasteiger partial charge in [0.1, 0.15) is 0 Å². The molecule has 1 unspecified atom stereocenters. The summed E-state index contributed by atoms with van der Waals surface area (Å²) in [6, 6.07) is 4.61. The van der Waals surface area contributed by atoms with Crippen molar-refractivity contribution < 1.29 is 19.6 Å². The van der Waals surface area contributed by atoms with Gasteiger partial charge in [0, 0.05) is 23.7 Å². The molecule has 0 fully saturated rings. The second kappa shape index (κ2) is 5.85. The molecule has 9 heteroatoms. The summed E-state index contributed by atoms with van der Waals surface area (Å²) in [6.07, 6.45) is 1.50. The summed E-state index contributed by atoms with van der Waals surface area (Å²) in [6.45, 7) is 1.25. The minimum atomic E-state index is -0.873. The van der Waals surface area contributed by atoms with Gasteiger partial charge in [-0.2, -0.15) is 0 Å². The molecule has 1 aliphatic rings. The second-order valence-corrected chi connectivity index (χ2v) is 5.93. The quantitative estimate of drug-likeness (QED) is 0.673. The second-order valence-electron chi connectivity index (χ2n) is 5.06. The zero-order valence-electron chi connectivity index (χ0n) is 12.4. The summed E-state index contributed by atoms with van der Waals surface area (Å²) >= 11 is 1.18. The molecule has 3 rings (SSSR count). The Bertz CT molecular complexity index is 858. The standard InChI is InChI=1S/C15H11N3O5S/c1-8(19)11-12(9-2-4-10(5-3-9)18(22)23)17(14(21)13(11)20)15-16-6-7-24-15/h2-7,12,20H,1H3. The van der Waals surface area contributed by atoms with E-state index in [2.05, 4.69) is 4.98 Å². The summed E-state index contributed by atoms with van der Waals surface area (Å²) in [7, 11) is 0. The van der Waals surface area contributed by atoms with Gasteiger partial charge in [0.15, 0.2) is 16.7 Å². The highest BCUT2D eigenvalue weighted by molar-refractivity contribution is 7.13. The Morgan fingerprint density at radius 2 is 2.04 bits per heavy atom. The number of aliphatic hydroxyl groups excluding tert-OH is 1. The average molecular weight is 345 g/mol. The maximum atomic E-state index is 12.4. The maximum Gasteiger partial charge on any atom is 0.296 e. The van der Waals surface area contributed by atoms with E-state index in [0.29, 0.717) is 10.7 Å². The number of amides is 1. The fourth-order valence-electron chi connectivity index (χ4n) is 2.59. The number of carbonyl (C=O) groups excluding carboxylic acids is 2. The zero-order chi connectivity index (χ0) is 17.4. The lowest BCUT2D eigenvalue weighted by Gasteiger charge is -2.23. The molecule has 2 aromatic rings. The van der Waals surface area contributed by atoms with Gasteiger partial charge in [0.2, 0.25) is 0 Å². The number of Topliss-reactive ketones (excluding diaryl/α,β-unsaturated/α-hetero) is 1. The third kappa shape index (κ3) is 2.44.